The van der Waals surface area contributed by atoms with E-state index in [9.17, 15) is 0 Å². The van der Waals surface area contributed by atoms with Gasteiger partial charge in [-0.2, -0.15) is 0 Å². The molecule has 0 fully saturated rings. The summed E-state index contributed by atoms with van der Waals surface area (Å²) in [5, 5.41) is 9.57. The van der Waals surface area contributed by atoms with Crippen LogP contribution in [0.5, 0.6) is 5.75 Å². The highest BCUT2D eigenvalue weighted by Gasteiger charge is 2.13. The summed E-state index contributed by atoms with van der Waals surface area (Å²) in [6, 6.07) is 10.2. The minimum Gasteiger partial charge on any atom is -0.493 e. The van der Waals surface area contributed by atoms with E-state index in [-0.39, 0.29) is 0 Å². The van der Waals surface area contributed by atoms with Crippen LogP contribution in [0, 0.1) is 6.92 Å². The van der Waals surface area contributed by atoms with E-state index in [2.05, 4.69) is 65.3 Å². The van der Waals surface area contributed by atoms with Crippen molar-refractivity contribution in [2.75, 3.05) is 12.4 Å². The first kappa shape index (κ1) is 20.1. The van der Waals surface area contributed by atoms with Crippen molar-refractivity contribution in [3.05, 3.63) is 66.5 Å². The van der Waals surface area contributed by atoms with Crippen LogP contribution < -0.4 is 4.74 Å². The second-order valence-corrected chi connectivity index (χ2v) is 7.87. The second-order valence-electron chi connectivity index (χ2n) is 6.81. The van der Waals surface area contributed by atoms with Crippen LogP contribution in [0.4, 0.5) is 0 Å². The Hall–Kier alpha value is -2.60. The van der Waals surface area contributed by atoms with E-state index in [0.717, 1.165) is 28.0 Å². The highest BCUT2D eigenvalue weighted by atomic mass is 32.2. The lowest BCUT2D eigenvalue weighted by Gasteiger charge is -2.12. The summed E-state index contributed by atoms with van der Waals surface area (Å²) in [4.78, 5) is 4.06. The Balaban J connectivity index is 1.61. The quantitative estimate of drug-likeness (QED) is 0.286. The van der Waals surface area contributed by atoms with Crippen LogP contribution in [-0.2, 0) is 6.54 Å². The van der Waals surface area contributed by atoms with Gasteiger partial charge in [0.15, 0.2) is 11.0 Å². The molecule has 0 unspecified atom stereocenters. The fraction of sp³-hybridized carbons (Fsp3) is 0.318. The van der Waals surface area contributed by atoms with Crippen LogP contribution in [0.1, 0.15) is 30.9 Å². The van der Waals surface area contributed by atoms with Gasteiger partial charge < -0.3 is 4.74 Å². The number of hydrogen-bond acceptors (Lipinski definition) is 5. The summed E-state index contributed by atoms with van der Waals surface area (Å²) < 4.78 is 7.99. The van der Waals surface area contributed by atoms with E-state index in [4.69, 9.17) is 4.74 Å². The second kappa shape index (κ2) is 9.55. The molecular formula is C22H26N4OS. The zero-order chi connectivity index (χ0) is 19.9. The maximum Gasteiger partial charge on any atom is 0.191 e. The average molecular weight is 395 g/mol. The number of pyridine rings is 1. The van der Waals surface area contributed by atoms with E-state index in [0.29, 0.717) is 19.1 Å². The number of rotatable bonds is 9. The smallest absolute Gasteiger partial charge is 0.191 e. The lowest BCUT2D eigenvalue weighted by Crippen LogP contribution is -2.04. The number of aryl methyl sites for hydroxylation is 1. The highest BCUT2D eigenvalue weighted by Crippen LogP contribution is 2.25. The minimum atomic E-state index is 0.524. The van der Waals surface area contributed by atoms with E-state index in [1.165, 1.54) is 11.1 Å². The number of hydrogen-bond donors (Lipinski definition) is 0. The van der Waals surface area contributed by atoms with Crippen LogP contribution >= 0.6 is 11.8 Å². The van der Waals surface area contributed by atoms with Gasteiger partial charge in [0.1, 0.15) is 5.75 Å². The minimum absolute atomic E-state index is 0.524. The Kier molecular flexibility index (Phi) is 6.87. The molecule has 2 heterocycles. The number of aromatic nitrogens is 4. The molecule has 0 amide bonds. The number of ether oxygens (including phenoxy) is 1. The lowest BCUT2D eigenvalue weighted by atomic mass is 9.98. The summed E-state index contributed by atoms with van der Waals surface area (Å²) in [6.07, 6.45) is 5.37. The van der Waals surface area contributed by atoms with Gasteiger partial charge in [-0.3, -0.25) is 9.55 Å². The molecule has 28 heavy (non-hydrogen) atoms. The van der Waals surface area contributed by atoms with Gasteiger partial charge in [-0.25, -0.2) is 0 Å². The normalized spacial score (nSPS) is 11.0. The van der Waals surface area contributed by atoms with Crippen molar-refractivity contribution in [1.29, 1.82) is 0 Å². The van der Waals surface area contributed by atoms with Gasteiger partial charge in [0.05, 0.1) is 6.61 Å². The van der Waals surface area contributed by atoms with Crippen molar-refractivity contribution in [3.8, 4) is 17.1 Å². The number of benzene rings is 1. The number of allylic oxidation sites excluding steroid dienone is 1. The predicted octanol–water partition coefficient (Wildman–Crippen LogP) is 5.13. The summed E-state index contributed by atoms with van der Waals surface area (Å²) in [7, 11) is 0. The van der Waals surface area contributed by atoms with Crippen molar-refractivity contribution in [2.24, 2.45) is 0 Å². The number of thioether (sulfide) groups is 1. The third-order valence-electron chi connectivity index (χ3n) is 4.41. The SMILES string of the molecule is C=CCn1c(SCCOc2ccc(C(C)C)c(C)c2)nnc1-c1ccncc1. The molecule has 0 saturated heterocycles. The molecule has 2 aromatic heterocycles. The Morgan fingerprint density at radius 3 is 2.64 bits per heavy atom. The van der Waals surface area contributed by atoms with Gasteiger partial charge in [-0.05, 0) is 48.2 Å². The van der Waals surface area contributed by atoms with Gasteiger partial charge in [-0.1, -0.05) is 37.8 Å². The van der Waals surface area contributed by atoms with Crippen molar-refractivity contribution >= 4 is 11.8 Å². The Morgan fingerprint density at radius 1 is 1.18 bits per heavy atom. The van der Waals surface area contributed by atoms with Crippen molar-refractivity contribution in [2.45, 2.75) is 38.4 Å². The third-order valence-corrected chi connectivity index (χ3v) is 5.34. The molecule has 0 spiro atoms. The van der Waals surface area contributed by atoms with Crippen LogP contribution in [0.3, 0.4) is 0 Å². The van der Waals surface area contributed by atoms with E-state index >= 15 is 0 Å². The van der Waals surface area contributed by atoms with Crippen LogP contribution in [0.15, 0.2) is 60.5 Å². The molecule has 0 aliphatic carbocycles. The van der Waals surface area contributed by atoms with Gasteiger partial charge in [-0.15, -0.1) is 16.8 Å². The van der Waals surface area contributed by atoms with E-state index < -0.39 is 0 Å². The molecule has 5 nitrogen and oxygen atoms in total. The highest BCUT2D eigenvalue weighted by molar-refractivity contribution is 7.99. The molecule has 0 bridgehead atoms. The molecule has 1 aromatic carbocycles. The Morgan fingerprint density at radius 2 is 1.96 bits per heavy atom. The first-order valence-corrected chi connectivity index (χ1v) is 10.4. The fourth-order valence-corrected chi connectivity index (χ4v) is 3.85. The maximum absolute atomic E-state index is 5.93. The molecule has 0 aliphatic heterocycles. The Labute approximate surface area is 170 Å². The van der Waals surface area contributed by atoms with Gasteiger partial charge >= 0.3 is 0 Å². The molecule has 146 valence electrons. The summed E-state index contributed by atoms with van der Waals surface area (Å²) in [5.74, 6) is 3.05. The maximum atomic E-state index is 5.93. The molecule has 0 atom stereocenters. The largest absolute Gasteiger partial charge is 0.493 e. The lowest BCUT2D eigenvalue weighted by molar-refractivity contribution is 0.343. The topological polar surface area (TPSA) is 52.8 Å². The zero-order valence-electron chi connectivity index (χ0n) is 16.6. The molecule has 0 radical (unpaired) electrons. The standard InChI is InChI=1S/C22H26N4OS/c1-5-12-26-21(18-8-10-23-11-9-18)24-25-22(26)28-14-13-27-19-6-7-20(16(2)3)17(4)15-19/h5-11,15-16H,1,12-14H2,2-4H3. The molecule has 3 aromatic rings. The Bertz CT molecular complexity index is 922. The molecule has 3 rings (SSSR count). The third kappa shape index (κ3) is 4.81. The van der Waals surface area contributed by atoms with Crippen molar-refractivity contribution in [1.82, 2.24) is 19.7 Å². The summed E-state index contributed by atoms with van der Waals surface area (Å²) >= 11 is 1.63. The van der Waals surface area contributed by atoms with Gasteiger partial charge in [0, 0.05) is 30.3 Å². The van der Waals surface area contributed by atoms with Crippen molar-refractivity contribution < 1.29 is 4.74 Å². The molecule has 6 heteroatoms. The monoisotopic (exact) mass is 394 g/mol. The summed E-state index contributed by atoms with van der Waals surface area (Å²) in [5.41, 5.74) is 3.63. The van der Waals surface area contributed by atoms with Crippen LogP contribution in [0.25, 0.3) is 11.4 Å². The first-order valence-electron chi connectivity index (χ1n) is 9.40. The molecule has 0 saturated carbocycles. The predicted molar refractivity (Wildman–Crippen MR) is 115 cm³/mol. The molecule has 0 N–H and O–H groups in total. The van der Waals surface area contributed by atoms with Gasteiger partial charge in [0.25, 0.3) is 0 Å². The van der Waals surface area contributed by atoms with Gasteiger partial charge in [0.2, 0.25) is 0 Å². The van der Waals surface area contributed by atoms with E-state index in [1.54, 1.807) is 24.2 Å². The number of nitrogens with zero attached hydrogens (tertiary/aromatic N) is 4. The zero-order valence-corrected chi connectivity index (χ0v) is 17.4. The van der Waals surface area contributed by atoms with Crippen LogP contribution in [0.2, 0.25) is 0 Å². The molecular weight excluding hydrogens is 368 g/mol. The van der Waals surface area contributed by atoms with E-state index in [1.807, 2.05) is 18.2 Å². The molecule has 0 aliphatic rings. The fourth-order valence-electron chi connectivity index (χ4n) is 3.08. The first-order chi connectivity index (χ1) is 13.6. The summed E-state index contributed by atoms with van der Waals surface area (Å²) in [6.45, 7) is 11.7. The van der Waals surface area contributed by atoms with Crippen LogP contribution in [-0.4, -0.2) is 32.1 Å². The van der Waals surface area contributed by atoms with Crippen molar-refractivity contribution in [3.63, 3.8) is 0 Å². The average Bonchev–Trinajstić information content (AvgIpc) is 3.08.